The zero-order valence-electron chi connectivity index (χ0n) is 24.1. The van der Waals surface area contributed by atoms with Crippen LogP contribution in [0.3, 0.4) is 0 Å². The first-order valence-electron chi connectivity index (χ1n) is 14.5. The maximum Gasteiger partial charge on any atom is 0.263 e. The van der Waals surface area contributed by atoms with Crippen molar-refractivity contribution < 1.29 is 33.1 Å². The van der Waals surface area contributed by atoms with Gasteiger partial charge < -0.3 is 14.5 Å². The van der Waals surface area contributed by atoms with E-state index in [1.165, 1.54) is 6.07 Å². The number of carbonyl (C=O) groups excluding carboxylic acids is 5. The first-order chi connectivity index (χ1) is 21.9. The van der Waals surface area contributed by atoms with Crippen LogP contribution in [0.15, 0.2) is 77.5 Å². The number of carbonyl (C=O) groups is 5. The highest BCUT2D eigenvalue weighted by atomic mass is 16.5. The highest BCUT2D eigenvalue weighted by Crippen LogP contribution is 2.30. The number of aromatic nitrogens is 1. The zero-order chi connectivity index (χ0) is 31.3. The third-order valence-electron chi connectivity index (χ3n) is 7.59. The Labute approximate surface area is 257 Å². The molecule has 0 spiro atoms. The topological polar surface area (TPSA) is 148 Å². The molecule has 2 aromatic heterocycles. The molecule has 0 aliphatic carbocycles. The molecule has 0 bridgehead atoms. The first kappa shape index (κ1) is 29.5. The number of nitrogens with one attached hydrogen (secondary N) is 2. The van der Waals surface area contributed by atoms with E-state index in [0.29, 0.717) is 17.7 Å². The van der Waals surface area contributed by atoms with Gasteiger partial charge in [-0.2, -0.15) is 0 Å². The van der Waals surface area contributed by atoms with Gasteiger partial charge in [0, 0.05) is 48.2 Å². The van der Waals surface area contributed by atoms with Crippen LogP contribution in [0.5, 0.6) is 0 Å². The summed E-state index contributed by atoms with van der Waals surface area (Å²) < 4.78 is 11.6. The van der Waals surface area contributed by atoms with Crippen LogP contribution in [-0.2, 0) is 19.1 Å². The van der Waals surface area contributed by atoms with Crippen molar-refractivity contribution in [1.82, 2.24) is 20.5 Å². The lowest BCUT2D eigenvalue weighted by molar-refractivity contribution is -0.136. The Morgan fingerprint density at radius 3 is 2.73 bits per heavy atom. The number of rotatable bonds is 9. The monoisotopic (exact) mass is 604 g/mol. The molecule has 2 aliphatic rings. The maximum atomic E-state index is 13.2. The summed E-state index contributed by atoms with van der Waals surface area (Å²) in [6.45, 7) is 0.419. The van der Waals surface area contributed by atoms with Crippen molar-refractivity contribution in [3.63, 3.8) is 0 Å². The van der Waals surface area contributed by atoms with Crippen LogP contribution in [0.2, 0.25) is 0 Å². The number of ether oxygens (including phenoxy) is 1. The summed E-state index contributed by atoms with van der Waals surface area (Å²) in [6, 6.07) is 16.4. The molecule has 2 aromatic carbocycles. The van der Waals surface area contributed by atoms with Gasteiger partial charge in [-0.15, -0.1) is 0 Å². The van der Waals surface area contributed by atoms with E-state index >= 15 is 0 Å². The average Bonchev–Trinajstić information content (AvgIpc) is 3.58. The molecule has 4 aromatic rings. The third kappa shape index (κ3) is 6.23. The number of imide groups is 2. The van der Waals surface area contributed by atoms with Crippen molar-refractivity contribution >= 4 is 40.5 Å². The molecule has 11 nitrogen and oxygen atoms in total. The summed E-state index contributed by atoms with van der Waals surface area (Å²) >= 11 is 0. The van der Waals surface area contributed by atoms with Crippen LogP contribution in [0.4, 0.5) is 0 Å². The van der Waals surface area contributed by atoms with Gasteiger partial charge in [-0.1, -0.05) is 42.2 Å². The SMILES string of the molecule is O=C1CCC(N2C(=O)c3cccc(C#CCCOCCC(=O)NC(c4cccnc4)c4cc5ccccc5o4)c3C2=O)C(=O)N1. The molecule has 2 aliphatic heterocycles. The number of pyridine rings is 1. The average molecular weight is 605 g/mol. The summed E-state index contributed by atoms with van der Waals surface area (Å²) in [5.74, 6) is 3.97. The molecule has 11 heteroatoms. The quantitative estimate of drug-likeness (QED) is 0.168. The molecular formula is C34H28N4O7. The molecule has 0 saturated carbocycles. The molecule has 5 amide bonds. The standard InChI is InChI=1S/C34H28N4O7/c39-28-14-13-25(32(41)37-28)38-33(42)24-11-5-9-21(30(24)34(38)43)7-3-4-17-44-18-15-29(40)36-31(23-10-6-16-35-20-23)27-19-22-8-1-2-12-26(22)45-27/h1-2,5-6,8-12,16,19-20,25,31H,4,13-15,17-18H2,(H,36,40)(H,37,39,41). The van der Waals surface area contributed by atoms with E-state index in [4.69, 9.17) is 9.15 Å². The number of para-hydroxylation sites is 1. The zero-order valence-corrected chi connectivity index (χ0v) is 24.1. The Balaban J connectivity index is 1.02. The van der Waals surface area contributed by atoms with Gasteiger partial charge >= 0.3 is 0 Å². The van der Waals surface area contributed by atoms with E-state index in [9.17, 15) is 24.0 Å². The maximum absolute atomic E-state index is 13.2. The molecule has 2 unspecified atom stereocenters. The van der Waals surface area contributed by atoms with E-state index < -0.39 is 35.7 Å². The van der Waals surface area contributed by atoms with Crippen molar-refractivity contribution in [2.24, 2.45) is 0 Å². The molecule has 226 valence electrons. The molecule has 6 rings (SSSR count). The van der Waals surface area contributed by atoms with Crippen molar-refractivity contribution in [1.29, 1.82) is 0 Å². The normalized spacial score (nSPS) is 16.6. The molecule has 1 fully saturated rings. The molecule has 0 radical (unpaired) electrons. The Hall–Kier alpha value is -5.60. The molecule has 45 heavy (non-hydrogen) atoms. The van der Waals surface area contributed by atoms with Crippen molar-refractivity contribution in [2.75, 3.05) is 13.2 Å². The lowest BCUT2D eigenvalue weighted by Gasteiger charge is -2.27. The number of nitrogens with zero attached hydrogens (tertiary/aromatic N) is 2. The lowest BCUT2D eigenvalue weighted by Crippen LogP contribution is -2.54. The Morgan fingerprint density at radius 2 is 1.93 bits per heavy atom. The van der Waals surface area contributed by atoms with Gasteiger partial charge in [-0.05, 0) is 36.8 Å². The number of amides is 5. The number of hydrogen-bond acceptors (Lipinski definition) is 8. The second-order valence-corrected chi connectivity index (χ2v) is 10.6. The van der Waals surface area contributed by atoms with Gasteiger partial charge in [-0.3, -0.25) is 39.2 Å². The minimum Gasteiger partial charge on any atom is -0.459 e. The van der Waals surface area contributed by atoms with Crippen LogP contribution in [0, 0.1) is 11.8 Å². The fourth-order valence-electron chi connectivity index (χ4n) is 5.41. The van der Waals surface area contributed by atoms with Gasteiger partial charge in [0.2, 0.25) is 17.7 Å². The number of benzene rings is 2. The van der Waals surface area contributed by atoms with Crippen LogP contribution in [0.25, 0.3) is 11.0 Å². The van der Waals surface area contributed by atoms with Gasteiger partial charge in [0.15, 0.2) is 0 Å². The molecule has 2 atom stereocenters. The van der Waals surface area contributed by atoms with E-state index in [2.05, 4.69) is 27.5 Å². The van der Waals surface area contributed by atoms with Crippen LogP contribution in [-0.4, -0.2) is 58.7 Å². The minimum absolute atomic E-state index is 0.0461. The van der Waals surface area contributed by atoms with E-state index in [-0.39, 0.29) is 49.5 Å². The third-order valence-corrected chi connectivity index (χ3v) is 7.59. The van der Waals surface area contributed by atoms with Gasteiger partial charge in [0.05, 0.1) is 24.3 Å². The summed E-state index contributed by atoms with van der Waals surface area (Å²) in [5.41, 5.74) is 2.19. The van der Waals surface area contributed by atoms with Gasteiger partial charge in [0.1, 0.15) is 23.4 Å². The molecular weight excluding hydrogens is 576 g/mol. The van der Waals surface area contributed by atoms with Crippen LogP contribution < -0.4 is 10.6 Å². The summed E-state index contributed by atoms with van der Waals surface area (Å²) in [6.07, 6.45) is 3.91. The number of furan rings is 1. The number of fused-ring (bicyclic) bond motifs is 2. The largest absolute Gasteiger partial charge is 0.459 e. The number of piperidine rings is 1. The second kappa shape index (κ2) is 13.0. The Morgan fingerprint density at radius 1 is 1.07 bits per heavy atom. The molecule has 1 saturated heterocycles. The smallest absolute Gasteiger partial charge is 0.263 e. The van der Waals surface area contributed by atoms with Crippen LogP contribution in [0.1, 0.15) is 69.3 Å². The van der Waals surface area contributed by atoms with Crippen molar-refractivity contribution in [3.05, 3.63) is 101 Å². The summed E-state index contributed by atoms with van der Waals surface area (Å²) in [4.78, 5) is 68.0. The fourth-order valence-corrected chi connectivity index (χ4v) is 5.41. The molecule has 2 N–H and O–H groups in total. The van der Waals surface area contributed by atoms with Gasteiger partial charge in [-0.25, -0.2) is 0 Å². The van der Waals surface area contributed by atoms with E-state index in [1.807, 2.05) is 36.4 Å². The van der Waals surface area contributed by atoms with Crippen molar-refractivity contribution in [2.45, 2.75) is 37.8 Å². The predicted molar refractivity (Wildman–Crippen MR) is 160 cm³/mol. The van der Waals surface area contributed by atoms with E-state index in [0.717, 1.165) is 21.4 Å². The van der Waals surface area contributed by atoms with E-state index in [1.54, 1.807) is 30.6 Å². The van der Waals surface area contributed by atoms with Gasteiger partial charge in [0.25, 0.3) is 11.8 Å². The fraction of sp³-hybridized carbons (Fsp3) is 0.235. The minimum atomic E-state index is -1.04. The highest BCUT2D eigenvalue weighted by Gasteiger charge is 2.45. The van der Waals surface area contributed by atoms with Crippen molar-refractivity contribution in [3.8, 4) is 11.8 Å². The lowest BCUT2D eigenvalue weighted by atomic mass is 10.0. The summed E-state index contributed by atoms with van der Waals surface area (Å²) in [7, 11) is 0. The number of hydrogen-bond donors (Lipinski definition) is 2. The predicted octanol–water partition coefficient (Wildman–Crippen LogP) is 3.28. The second-order valence-electron chi connectivity index (χ2n) is 10.6. The molecule has 4 heterocycles. The highest BCUT2D eigenvalue weighted by molar-refractivity contribution is 6.24. The Bertz CT molecular complexity index is 1840. The Kier molecular flexibility index (Phi) is 8.48. The first-order valence-corrected chi connectivity index (χ1v) is 14.5. The summed E-state index contributed by atoms with van der Waals surface area (Å²) in [5, 5.41) is 6.13. The van der Waals surface area contributed by atoms with Crippen LogP contribution >= 0.6 is 0 Å².